The highest BCUT2D eigenvalue weighted by Crippen LogP contribution is 2.24. The van der Waals surface area contributed by atoms with E-state index in [0.29, 0.717) is 0 Å². The minimum atomic E-state index is 0.173. The molecule has 109 valence electrons. The van der Waals surface area contributed by atoms with Crippen molar-refractivity contribution in [3.05, 3.63) is 58.7 Å². The average Bonchev–Trinajstić information content (AvgIpc) is 2.37. The minimum absolute atomic E-state index is 0.173. The molecule has 0 fully saturated rings. The second kappa shape index (κ2) is 5.97. The average molecular weight is 279 g/mol. The van der Waals surface area contributed by atoms with Gasteiger partial charge in [0.05, 0.1) is 5.75 Å². The first-order valence-electron chi connectivity index (χ1n) is 7.45. The summed E-state index contributed by atoms with van der Waals surface area (Å²) in [6.45, 7) is 13.0. The Bertz CT molecular complexity index is 598. The first-order valence-corrected chi connectivity index (χ1v) is 7.45. The third-order valence-corrected chi connectivity index (χ3v) is 3.77. The zero-order valence-electron chi connectivity index (χ0n) is 13.9. The van der Waals surface area contributed by atoms with Crippen molar-refractivity contribution in [2.75, 3.05) is 0 Å². The highest BCUT2D eigenvalue weighted by Gasteiger charge is 2.13. The van der Waals surface area contributed by atoms with Crippen LogP contribution in [0.5, 0.6) is 5.75 Å². The third kappa shape index (κ3) is 3.90. The van der Waals surface area contributed by atoms with Crippen LogP contribution in [0, 0.1) is 20.8 Å². The van der Waals surface area contributed by atoms with Crippen LogP contribution < -0.4 is 10.1 Å². The predicted molar refractivity (Wildman–Crippen MR) is 91.8 cm³/mol. The number of hydrogen-bond acceptors (Lipinski definition) is 1. The van der Waals surface area contributed by atoms with E-state index < -0.39 is 0 Å². The molecule has 2 heteroatoms. The lowest BCUT2D eigenvalue weighted by Gasteiger charge is -2.19. The number of hydrogen-bond donors (Lipinski definition) is 0. The van der Waals surface area contributed by atoms with Crippen molar-refractivity contribution < 1.29 is 4.65 Å². The molecular weight excluding hydrogens is 255 g/mol. The monoisotopic (exact) mass is 279 g/mol. The van der Waals surface area contributed by atoms with E-state index in [1.165, 1.54) is 27.7 Å². The Balaban J connectivity index is 2.10. The van der Waals surface area contributed by atoms with Gasteiger partial charge in [0.15, 0.2) is 0 Å². The molecule has 0 spiro atoms. The molecule has 0 aromatic heterocycles. The minimum Gasteiger partial charge on any atom is -0.558 e. The Morgan fingerprint density at radius 3 is 1.86 bits per heavy atom. The van der Waals surface area contributed by atoms with Crippen molar-refractivity contribution in [1.82, 2.24) is 0 Å². The smallest absolute Gasteiger partial charge is 0.409 e. The summed E-state index contributed by atoms with van der Waals surface area (Å²) < 4.78 is 5.84. The Labute approximate surface area is 129 Å². The fraction of sp³-hybridized carbons (Fsp3) is 0.368. The van der Waals surface area contributed by atoms with Gasteiger partial charge < -0.3 is 4.65 Å². The molecule has 0 saturated heterocycles. The molecule has 0 unspecified atom stereocenters. The van der Waals surface area contributed by atoms with E-state index in [4.69, 9.17) is 4.65 Å². The molecule has 0 aliphatic carbocycles. The lowest BCUT2D eigenvalue weighted by Crippen LogP contribution is -2.26. The van der Waals surface area contributed by atoms with E-state index in [1.807, 2.05) is 19.6 Å². The molecule has 0 atom stereocenters. The number of rotatable bonds is 3. The Morgan fingerprint density at radius 1 is 0.857 bits per heavy atom. The Morgan fingerprint density at radius 2 is 1.38 bits per heavy atom. The predicted octanol–water partition coefficient (Wildman–Crippen LogP) is 4.23. The van der Waals surface area contributed by atoms with Crippen LogP contribution in [-0.2, 0) is 5.41 Å². The first kappa shape index (κ1) is 15.7. The van der Waals surface area contributed by atoms with E-state index in [-0.39, 0.29) is 5.41 Å². The maximum Gasteiger partial charge on any atom is 0.409 e. The van der Waals surface area contributed by atoms with Gasteiger partial charge in [-0.15, -0.1) is 0 Å². The second-order valence-corrected chi connectivity index (χ2v) is 6.82. The normalized spacial score (nSPS) is 11.3. The first-order chi connectivity index (χ1) is 9.77. The van der Waals surface area contributed by atoms with E-state index >= 15 is 0 Å². The molecule has 1 nitrogen and oxygen atoms in total. The van der Waals surface area contributed by atoms with Gasteiger partial charge in [0.2, 0.25) is 0 Å². The summed E-state index contributed by atoms with van der Waals surface area (Å²) in [6, 6.07) is 12.7. The molecule has 0 amide bonds. The lowest BCUT2D eigenvalue weighted by atomic mass is 9.80. The number of benzene rings is 2. The summed E-state index contributed by atoms with van der Waals surface area (Å²) in [7, 11) is 1.86. The van der Waals surface area contributed by atoms with Gasteiger partial charge in [-0.05, 0) is 49.3 Å². The van der Waals surface area contributed by atoms with Crippen LogP contribution in [0.15, 0.2) is 36.4 Å². The Hall–Kier alpha value is -1.70. The van der Waals surface area contributed by atoms with E-state index in [9.17, 15) is 0 Å². The van der Waals surface area contributed by atoms with Crippen LogP contribution in [0.2, 0.25) is 0 Å². The fourth-order valence-electron chi connectivity index (χ4n) is 2.54. The molecule has 1 radical (unpaired) electrons. The van der Waals surface area contributed by atoms with Gasteiger partial charge in [0.1, 0.15) is 0 Å². The summed E-state index contributed by atoms with van der Waals surface area (Å²) in [5.74, 6) is 0.877. The second-order valence-electron chi connectivity index (χ2n) is 6.82. The highest BCUT2D eigenvalue weighted by molar-refractivity contribution is 6.49. The van der Waals surface area contributed by atoms with Gasteiger partial charge in [0, 0.05) is 0 Å². The molecular formula is C19H24BO. The summed E-state index contributed by atoms with van der Waals surface area (Å²) in [5.41, 5.74) is 6.44. The molecule has 2 aromatic carbocycles. The molecule has 2 aromatic rings. The van der Waals surface area contributed by atoms with Crippen LogP contribution in [0.3, 0.4) is 0 Å². The fourth-order valence-corrected chi connectivity index (χ4v) is 2.54. The zero-order valence-corrected chi connectivity index (χ0v) is 13.9. The molecule has 0 aliphatic rings. The van der Waals surface area contributed by atoms with Gasteiger partial charge in [0.25, 0.3) is 0 Å². The van der Waals surface area contributed by atoms with Crippen molar-refractivity contribution >= 4 is 12.9 Å². The van der Waals surface area contributed by atoms with Gasteiger partial charge >= 0.3 is 7.48 Å². The summed E-state index contributed by atoms with van der Waals surface area (Å²) >= 11 is 0. The van der Waals surface area contributed by atoms with Crippen LogP contribution in [0.25, 0.3) is 0 Å². The third-order valence-electron chi connectivity index (χ3n) is 3.77. The Kier molecular flexibility index (Phi) is 4.46. The summed E-state index contributed by atoms with van der Waals surface area (Å²) in [4.78, 5) is 0. The SMILES string of the molecule is Cc1cc(C)c([B]Oc2ccc(C(C)(C)C)cc2)c(C)c1. The van der Waals surface area contributed by atoms with Gasteiger partial charge in [-0.1, -0.05) is 61.7 Å². The standard InChI is InChI=1S/C19H24BO/c1-13-11-14(2)18(15(3)12-13)20-21-17-9-7-16(8-10-17)19(4,5)6/h7-12H,1-6H3. The molecule has 0 bridgehead atoms. The van der Waals surface area contributed by atoms with Gasteiger partial charge in [-0.2, -0.15) is 0 Å². The quantitative estimate of drug-likeness (QED) is 0.764. The van der Waals surface area contributed by atoms with Crippen LogP contribution in [0.4, 0.5) is 0 Å². The lowest BCUT2D eigenvalue weighted by molar-refractivity contribution is 0.581. The van der Waals surface area contributed by atoms with Crippen molar-refractivity contribution in [3.63, 3.8) is 0 Å². The maximum absolute atomic E-state index is 5.84. The summed E-state index contributed by atoms with van der Waals surface area (Å²) in [5, 5.41) is 0. The van der Waals surface area contributed by atoms with E-state index in [0.717, 1.165) is 5.75 Å². The van der Waals surface area contributed by atoms with Crippen molar-refractivity contribution in [3.8, 4) is 5.75 Å². The van der Waals surface area contributed by atoms with Crippen LogP contribution in [0.1, 0.15) is 43.0 Å². The van der Waals surface area contributed by atoms with Crippen molar-refractivity contribution in [2.24, 2.45) is 0 Å². The number of aryl methyl sites for hydroxylation is 3. The molecule has 0 heterocycles. The topological polar surface area (TPSA) is 9.23 Å². The highest BCUT2D eigenvalue weighted by atomic mass is 16.4. The summed E-state index contributed by atoms with van der Waals surface area (Å²) in [6.07, 6.45) is 0. The molecule has 0 N–H and O–H groups in total. The van der Waals surface area contributed by atoms with Crippen molar-refractivity contribution in [1.29, 1.82) is 0 Å². The van der Waals surface area contributed by atoms with E-state index in [2.05, 4.69) is 65.8 Å². The van der Waals surface area contributed by atoms with Crippen LogP contribution in [-0.4, -0.2) is 7.48 Å². The van der Waals surface area contributed by atoms with Crippen LogP contribution >= 0.6 is 0 Å². The van der Waals surface area contributed by atoms with Gasteiger partial charge in [-0.25, -0.2) is 0 Å². The molecule has 21 heavy (non-hydrogen) atoms. The molecule has 0 saturated carbocycles. The largest absolute Gasteiger partial charge is 0.558 e. The molecule has 2 rings (SSSR count). The maximum atomic E-state index is 5.84. The van der Waals surface area contributed by atoms with Gasteiger partial charge in [-0.3, -0.25) is 0 Å². The van der Waals surface area contributed by atoms with E-state index in [1.54, 1.807) is 0 Å². The van der Waals surface area contributed by atoms with Crippen molar-refractivity contribution in [2.45, 2.75) is 47.0 Å². The zero-order chi connectivity index (χ0) is 15.6. The molecule has 0 aliphatic heterocycles.